The molecule has 0 bridgehead atoms. The molecule has 0 aliphatic heterocycles. The van der Waals surface area contributed by atoms with Crippen LogP contribution >= 0.6 is 0 Å². The van der Waals surface area contributed by atoms with E-state index in [9.17, 15) is 4.79 Å². The van der Waals surface area contributed by atoms with Gasteiger partial charge in [-0.15, -0.1) is 0 Å². The Labute approximate surface area is 163 Å². The maximum atomic E-state index is 12.7. The van der Waals surface area contributed by atoms with Crippen LogP contribution in [0, 0.1) is 6.92 Å². The number of ether oxygens (including phenoxy) is 3. The molecule has 7 nitrogen and oxygen atoms in total. The van der Waals surface area contributed by atoms with Gasteiger partial charge in [-0.05, 0) is 24.6 Å². The summed E-state index contributed by atoms with van der Waals surface area (Å²) in [6.45, 7) is 2.67. The normalized spacial score (nSPS) is 10.4. The van der Waals surface area contributed by atoms with E-state index in [0.717, 1.165) is 5.56 Å². The third-order valence-corrected chi connectivity index (χ3v) is 4.26. The number of hydrogen-bond donors (Lipinski definition) is 1. The van der Waals surface area contributed by atoms with Crippen LogP contribution in [0.4, 0.5) is 5.82 Å². The number of nitrogens with zero attached hydrogens (tertiary/aromatic N) is 2. The van der Waals surface area contributed by atoms with Crippen molar-refractivity contribution in [3.8, 4) is 17.2 Å². The van der Waals surface area contributed by atoms with Gasteiger partial charge >= 0.3 is 0 Å². The molecule has 1 N–H and O–H groups in total. The molecule has 1 heterocycles. The summed E-state index contributed by atoms with van der Waals surface area (Å²) in [7, 11) is 4.50. The molecule has 1 aromatic heterocycles. The lowest BCUT2D eigenvalue weighted by molar-refractivity contribution is 0.102. The first-order valence-electron chi connectivity index (χ1n) is 8.75. The SMILES string of the molecule is COc1ccc(C(=O)Nc2ccn(Cc3cccc(C)c3)n2)c(OC)c1OC. The second kappa shape index (κ2) is 8.47. The van der Waals surface area contributed by atoms with Crippen LogP contribution < -0.4 is 19.5 Å². The molecule has 28 heavy (non-hydrogen) atoms. The van der Waals surface area contributed by atoms with Crippen LogP contribution in [0.25, 0.3) is 0 Å². The predicted molar refractivity (Wildman–Crippen MR) is 107 cm³/mol. The monoisotopic (exact) mass is 381 g/mol. The molecule has 7 heteroatoms. The fourth-order valence-corrected chi connectivity index (χ4v) is 2.98. The number of benzene rings is 2. The molecule has 0 unspecified atom stereocenters. The standard InChI is InChI=1S/C21H23N3O4/c1-14-6-5-7-15(12-14)13-24-11-10-18(23-24)22-21(25)16-8-9-17(26-2)20(28-4)19(16)27-3/h5-12H,13H2,1-4H3,(H,22,23,25). The minimum absolute atomic E-state index is 0.304. The van der Waals surface area contributed by atoms with Crippen molar-refractivity contribution in [2.45, 2.75) is 13.5 Å². The van der Waals surface area contributed by atoms with Crippen LogP contribution in [0.2, 0.25) is 0 Å². The van der Waals surface area contributed by atoms with E-state index in [1.54, 1.807) is 22.9 Å². The van der Waals surface area contributed by atoms with Gasteiger partial charge < -0.3 is 19.5 Å². The molecule has 1 amide bonds. The van der Waals surface area contributed by atoms with Gasteiger partial charge in [0.2, 0.25) is 5.75 Å². The summed E-state index contributed by atoms with van der Waals surface area (Å²) in [4.78, 5) is 12.7. The summed E-state index contributed by atoms with van der Waals surface area (Å²) in [5.41, 5.74) is 2.66. The average molecular weight is 381 g/mol. The first kappa shape index (κ1) is 19.3. The molecule has 3 aromatic rings. The number of hydrogen-bond acceptors (Lipinski definition) is 5. The summed E-state index contributed by atoms with van der Waals surface area (Å²) in [6, 6.07) is 13.2. The molecule has 0 fully saturated rings. The Balaban J connectivity index is 1.78. The number of carbonyl (C=O) groups is 1. The molecular formula is C21H23N3O4. The number of methoxy groups -OCH3 is 3. The van der Waals surface area contributed by atoms with Crippen molar-refractivity contribution in [3.63, 3.8) is 0 Å². The summed E-state index contributed by atoms with van der Waals surface area (Å²) >= 11 is 0. The maximum Gasteiger partial charge on any atom is 0.260 e. The number of rotatable bonds is 7. The van der Waals surface area contributed by atoms with Crippen LogP contribution in [-0.4, -0.2) is 37.0 Å². The Morgan fingerprint density at radius 2 is 1.82 bits per heavy atom. The van der Waals surface area contributed by atoms with Gasteiger partial charge in [-0.1, -0.05) is 29.8 Å². The number of aryl methyl sites for hydroxylation is 1. The Morgan fingerprint density at radius 3 is 2.50 bits per heavy atom. The summed E-state index contributed by atoms with van der Waals surface area (Å²) in [6.07, 6.45) is 1.82. The molecule has 0 radical (unpaired) electrons. The van der Waals surface area contributed by atoms with Crippen molar-refractivity contribution >= 4 is 11.7 Å². The van der Waals surface area contributed by atoms with Gasteiger partial charge in [0.1, 0.15) is 0 Å². The zero-order valence-corrected chi connectivity index (χ0v) is 16.4. The predicted octanol–water partition coefficient (Wildman–Crippen LogP) is 3.52. The summed E-state index contributed by atoms with van der Waals surface area (Å²) < 4.78 is 17.7. The van der Waals surface area contributed by atoms with Crippen molar-refractivity contribution < 1.29 is 19.0 Å². The van der Waals surface area contributed by atoms with Crippen LogP contribution in [0.5, 0.6) is 17.2 Å². The van der Waals surface area contributed by atoms with E-state index in [0.29, 0.717) is 35.2 Å². The highest BCUT2D eigenvalue weighted by Crippen LogP contribution is 2.39. The Hall–Kier alpha value is -3.48. The molecule has 3 rings (SSSR count). The number of aromatic nitrogens is 2. The zero-order chi connectivity index (χ0) is 20.1. The van der Waals surface area contributed by atoms with E-state index in [1.807, 2.05) is 18.3 Å². The van der Waals surface area contributed by atoms with E-state index in [4.69, 9.17) is 14.2 Å². The van der Waals surface area contributed by atoms with Gasteiger partial charge in [-0.2, -0.15) is 5.10 Å². The molecule has 0 aliphatic rings. The molecule has 146 valence electrons. The molecule has 0 spiro atoms. The quantitative estimate of drug-likeness (QED) is 0.678. The van der Waals surface area contributed by atoms with Crippen LogP contribution in [0.3, 0.4) is 0 Å². The van der Waals surface area contributed by atoms with Gasteiger partial charge in [0, 0.05) is 12.3 Å². The molecule has 2 aromatic carbocycles. The first-order chi connectivity index (χ1) is 13.5. The smallest absolute Gasteiger partial charge is 0.260 e. The van der Waals surface area contributed by atoms with Crippen molar-refractivity contribution in [1.82, 2.24) is 9.78 Å². The van der Waals surface area contributed by atoms with E-state index < -0.39 is 0 Å². The van der Waals surface area contributed by atoms with Gasteiger partial charge in [0.25, 0.3) is 5.91 Å². The van der Waals surface area contributed by atoms with Crippen LogP contribution in [0.1, 0.15) is 21.5 Å². The lowest BCUT2D eigenvalue weighted by atomic mass is 10.1. The Morgan fingerprint density at radius 1 is 1.04 bits per heavy atom. The maximum absolute atomic E-state index is 12.7. The topological polar surface area (TPSA) is 74.6 Å². The molecule has 0 saturated carbocycles. The zero-order valence-electron chi connectivity index (χ0n) is 16.4. The van der Waals surface area contributed by atoms with Crippen molar-refractivity contribution in [2.24, 2.45) is 0 Å². The third-order valence-electron chi connectivity index (χ3n) is 4.26. The second-order valence-electron chi connectivity index (χ2n) is 6.22. The molecule has 0 aliphatic carbocycles. The summed E-state index contributed by atoms with van der Waals surface area (Å²) in [5, 5.41) is 7.21. The number of nitrogens with one attached hydrogen (secondary N) is 1. The van der Waals surface area contributed by atoms with E-state index >= 15 is 0 Å². The Bertz CT molecular complexity index is 982. The number of amides is 1. The van der Waals surface area contributed by atoms with E-state index in [-0.39, 0.29) is 5.91 Å². The molecule has 0 saturated heterocycles. The third kappa shape index (κ3) is 4.09. The van der Waals surface area contributed by atoms with Gasteiger partial charge in [-0.25, -0.2) is 0 Å². The average Bonchev–Trinajstić information content (AvgIpc) is 3.13. The minimum Gasteiger partial charge on any atom is -0.493 e. The van der Waals surface area contributed by atoms with Crippen molar-refractivity contribution in [3.05, 3.63) is 65.4 Å². The number of anilines is 1. The largest absolute Gasteiger partial charge is 0.493 e. The first-order valence-corrected chi connectivity index (χ1v) is 8.75. The van der Waals surface area contributed by atoms with Crippen molar-refractivity contribution in [1.29, 1.82) is 0 Å². The van der Waals surface area contributed by atoms with Crippen molar-refractivity contribution in [2.75, 3.05) is 26.6 Å². The van der Waals surface area contributed by atoms with Crippen LogP contribution in [-0.2, 0) is 6.54 Å². The second-order valence-corrected chi connectivity index (χ2v) is 6.22. The highest BCUT2D eigenvalue weighted by atomic mass is 16.5. The highest BCUT2D eigenvalue weighted by molar-refractivity contribution is 6.06. The fraction of sp³-hybridized carbons (Fsp3) is 0.238. The van der Waals surface area contributed by atoms with E-state index in [1.165, 1.54) is 26.9 Å². The fourth-order valence-electron chi connectivity index (χ4n) is 2.98. The summed E-state index contributed by atoms with van der Waals surface area (Å²) in [5.74, 6) is 1.26. The van der Waals surface area contributed by atoms with Gasteiger partial charge in [0.05, 0.1) is 33.4 Å². The number of carbonyl (C=O) groups excluding carboxylic acids is 1. The Kier molecular flexibility index (Phi) is 5.84. The molecular weight excluding hydrogens is 358 g/mol. The minimum atomic E-state index is -0.349. The van der Waals surface area contributed by atoms with Gasteiger partial charge in [0.15, 0.2) is 17.3 Å². The highest BCUT2D eigenvalue weighted by Gasteiger charge is 2.21. The van der Waals surface area contributed by atoms with E-state index in [2.05, 4.69) is 29.5 Å². The molecule has 0 atom stereocenters. The lowest BCUT2D eigenvalue weighted by Gasteiger charge is -2.15. The lowest BCUT2D eigenvalue weighted by Crippen LogP contribution is -2.14. The van der Waals surface area contributed by atoms with Crippen LogP contribution in [0.15, 0.2) is 48.7 Å². The van der Waals surface area contributed by atoms with Gasteiger partial charge in [-0.3, -0.25) is 9.48 Å².